The van der Waals surface area contributed by atoms with E-state index in [9.17, 15) is 14.7 Å². The maximum absolute atomic E-state index is 12.1. The quantitative estimate of drug-likeness (QED) is 0.723. The zero-order valence-corrected chi connectivity index (χ0v) is 13.0. The van der Waals surface area contributed by atoms with E-state index in [0.29, 0.717) is 25.6 Å². The van der Waals surface area contributed by atoms with E-state index in [1.54, 1.807) is 6.92 Å². The third-order valence-electron chi connectivity index (χ3n) is 4.19. The van der Waals surface area contributed by atoms with E-state index in [2.05, 4.69) is 31.1 Å². The van der Waals surface area contributed by atoms with Crippen LogP contribution in [-0.4, -0.2) is 65.2 Å². The fourth-order valence-electron chi connectivity index (χ4n) is 2.39. The molecule has 2 N–H and O–H groups in total. The van der Waals surface area contributed by atoms with E-state index in [4.69, 9.17) is 0 Å². The molecule has 6 heteroatoms. The van der Waals surface area contributed by atoms with Gasteiger partial charge in [0.05, 0.1) is 0 Å². The van der Waals surface area contributed by atoms with Crippen LogP contribution in [0.25, 0.3) is 0 Å². The summed E-state index contributed by atoms with van der Waals surface area (Å²) in [6.07, 6.45) is 2.12. The standard InChI is InChI=1S/C14H27N3O3/c1-11(2)16(4)9-6-8-15-13(20)17-10-5-7-14(17,3)12(18)19/h11H,5-10H2,1-4H3,(H,15,20)(H,18,19). The lowest BCUT2D eigenvalue weighted by Gasteiger charge is -2.31. The number of carboxylic acid groups (broad SMARTS) is 1. The molecule has 0 spiro atoms. The van der Waals surface area contributed by atoms with Crippen molar-refractivity contribution in [1.82, 2.24) is 15.1 Å². The van der Waals surface area contributed by atoms with E-state index >= 15 is 0 Å². The summed E-state index contributed by atoms with van der Waals surface area (Å²) >= 11 is 0. The van der Waals surface area contributed by atoms with E-state index in [0.717, 1.165) is 19.4 Å². The highest BCUT2D eigenvalue weighted by molar-refractivity contribution is 5.86. The number of carboxylic acids is 1. The molecule has 1 aliphatic heterocycles. The first-order valence-corrected chi connectivity index (χ1v) is 7.28. The second kappa shape index (κ2) is 6.92. The Morgan fingerprint density at radius 3 is 2.65 bits per heavy atom. The Kier molecular flexibility index (Phi) is 5.80. The number of carbonyl (C=O) groups excluding carboxylic acids is 1. The molecule has 0 aromatic heterocycles. The van der Waals surface area contributed by atoms with Gasteiger partial charge in [-0.3, -0.25) is 0 Å². The van der Waals surface area contributed by atoms with Gasteiger partial charge in [0.15, 0.2) is 0 Å². The number of urea groups is 1. The molecule has 1 aliphatic rings. The molecule has 1 fully saturated rings. The summed E-state index contributed by atoms with van der Waals surface area (Å²) in [5, 5.41) is 12.1. The lowest BCUT2D eigenvalue weighted by atomic mass is 10.00. The summed E-state index contributed by atoms with van der Waals surface area (Å²) in [6, 6.07) is 0.221. The third kappa shape index (κ3) is 3.85. The molecule has 1 saturated heterocycles. The predicted molar refractivity (Wildman–Crippen MR) is 77.8 cm³/mol. The van der Waals surface area contributed by atoms with Gasteiger partial charge in [-0.2, -0.15) is 0 Å². The van der Waals surface area contributed by atoms with Gasteiger partial charge in [0.2, 0.25) is 0 Å². The lowest BCUT2D eigenvalue weighted by Crippen LogP contribution is -2.54. The van der Waals surface area contributed by atoms with Crippen LogP contribution in [0.1, 0.15) is 40.0 Å². The SMILES string of the molecule is CC(C)N(C)CCCNC(=O)N1CCCC1(C)C(=O)O. The van der Waals surface area contributed by atoms with Gasteiger partial charge in [0.25, 0.3) is 0 Å². The molecule has 2 amide bonds. The Bertz CT molecular complexity index is 360. The molecule has 0 bridgehead atoms. The van der Waals surface area contributed by atoms with Crippen LogP contribution in [0.5, 0.6) is 0 Å². The maximum Gasteiger partial charge on any atom is 0.329 e. The first-order chi connectivity index (χ1) is 9.29. The number of likely N-dealkylation sites (tertiary alicyclic amines) is 1. The molecule has 1 rings (SSSR count). The van der Waals surface area contributed by atoms with Crippen molar-refractivity contribution in [2.24, 2.45) is 0 Å². The molecule has 1 unspecified atom stereocenters. The summed E-state index contributed by atoms with van der Waals surface area (Å²) in [5.74, 6) is -0.926. The number of aliphatic carboxylic acids is 1. The summed E-state index contributed by atoms with van der Waals surface area (Å²) < 4.78 is 0. The number of hydrogen-bond donors (Lipinski definition) is 2. The molecular formula is C14H27N3O3. The fourth-order valence-corrected chi connectivity index (χ4v) is 2.39. The molecule has 0 aromatic carbocycles. The zero-order chi connectivity index (χ0) is 15.3. The highest BCUT2D eigenvalue weighted by atomic mass is 16.4. The Hall–Kier alpha value is -1.30. The third-order valence-corrected chi connectivity index (χ3v) is 4.19. The van der Waals surface area contributed by atoms with Crippen LogP contribution in [0.3, 0.4) is 0 Å². The highest BCUT2D eigenvalue weighted by Crippen LogP contribution is 2.29. The summed E-state index contributed by atoms with van der Waals surface area (Å²) in [7, 11) is 2.05. The normalized spacial score (nSPS) is 22.6. The van der Waals surface area contributed by atoms with Crippen molar-refractivity contribution in [3.63, 3.8) is 0 Å². The van der Waals surface area contributed by atoms with Gasteiger partial charge in [0, 0.05) is 19.1 Å². The van der Waals surface area contributed by atoms with Crippen molar-refractivity contribution in [2.75, 3.05) is 26.7 Å². The molecule has 116 valence electrons. The van der Waals surface area contributed by atoms with E-state index < -0.39 is 11.5 Å². The minimum atomic E-state index is -1.06. The second-order valence-electron chi connectivity index (χ2n) is 5.99. The van der Waals surface area contributed by atoms with Gasteiger partial charge >= 0.3 is 12.0 Å². The number of rotatable bonds is 6. The van der Waals surface area contributed by atoms with Crippen molar-refractivity contribution < 1.29 is 14.7 Å². The molecule has 1 heterocycles. The number of carbonyl (C=O) groups is 2. The van der Waals surface area contributed by atoms with Crippen molar-refractivity contribution in [1.29, 1.82) is 0 Å². The van der Waals surface area contributed by atoms with Crippen LogP contribution in [0, 0.1) is 0 Å². The summed E-state index contributed by atoms with van der Waals surface area (Å²) in [5.41, 5.74) is -1.06. The smallest absolute Gasteiger partial charge is 0.329 e. The van der Waals surface area contributed by atoms with Crippen molar-refractivity contribution in [2.45, 2.75) is 51.6 Å². The lowest BCUT2D eigenvalue weighted by molar-refractivity contribution is -0.147. The number of amides is 2. The van der Waals surface area contributed by atoms with Gasteiger partial charge in [-0.15, -0.1) is 0 Å². The minimum absolute atomic E-state index is 0.264. The molecule has 0 saturated carbocycles. The van der Waals surface area contributed by atoms with E-state index in [1.807, 2.05) is 0 Å². The first kappa shape index (κ1) is 16.8. The van der Waals surface area contributed by atoms with Gasteiger partial charge in [-0.05, 0) is 53.6 Å². The Morgan fingerprint density at radius 2 is 2.10 bits per heavy atom. The highest BCUT2D eigenvalue weighted by Gasteiger charge is 2.45. The van der Waals surface area contributed by atoms with Crippen molar-refractivity contribution in [3.05, 3.63) is 0 Å². The van der Waals surface area contributed by atoms with Gasteiger partial charge in [-0.25, -0.2) is 9.59 Å². The second-order valence-corrected chi connectivity index (χ2v) is 5.99. The first-order valence-electron chi connectivity index (χ1n) is 7.28. The van der Waals surface area contributed by atoms with Crippen LogP contribution in [-0.2, 0) is 4.79 Å². The van der Waals surface area contributed by atoms with Gasteiger partial charge in [0.1, 0.15) is 5.54 Å². The maximum atomic E-state index is 12.1. The predicted octanol–water partition coefficient (Wildman–Crippen LogP) is 1.37. The topological polar surface area (TPSA) is 72.9 Å². The molecule has 0 aromatic rings. The average Bonchev–Trinajstić information content (AvgIpc) is 2.77. The van der Waals surface area contributed by atoms with Gasteiger partial charge < -0.3 is 20.2 Å². The van der Waals surface area contributed by atoms with Crippen LogP contribution >= 0.6 is 0 Å². The molecule has 0 radical (unpaired) electrons. The Balaban J connectivity index is 2.38. The average molecular weight is 285 g/mol. The monoisotopic (exact) mass is 285 g/mol. The summed E-state index contributed by atoms with van der Waals surface area (Å²) in [6.45, 7) is 7.87. The number of nitrogens with one attached hydrogen (secondary N) is 1. The number of hydrogen-bond acceptors (Lipinski definition) is 3. The van der Waals surface area contributed by atoms with E-state index in [1.165, 1.54) is 4.90 Å². The minimum Gasteiger partial charge on any atom is -0.480 e. The Morgan fingerprint density at radius 1 is 1.45 bits per heavy atom. The van der Waals surface area contributed by atoms with Crippen LogP contribution in [0.15, 0.2) is 0 Å². The largest absolute Gasteiger partial charge is 0.480 e. The Labute approximate surface area is 121 Å². The van der Waals surface area contributed by atoms with Crippen molar-refractivity contribution in [3.8, 4) is 0 Å². The van der Waals surface area contributed by atoms with Crippen LogP contribution in [0.2, 0.25) is 0 Å². The van der Waals surface area contributed by atoms with E-state index in [-0.39, 0.29) is 6.03 Å². The number of nitrogens with zero attached hydrogens (tertiary/aromatic N) is 2. The zero-order valence-electron chi connectivity index (χ0n) is 13.0. The van der Waals surface area contributed by atoms with Crippen LogP contribution < -0.4 is 5.32 Å². The fraction of sp³-hybridized carbons (Fsp3) is 0.857. The molecule has 6 nitrogen and oxygen atoms in total. The molecule has 20 heavy (non-hydrogen) atoms. The molecule has 1 atom stereocenters. The van der Waals surface area contributed by atoms with Gasteiger partial charge in [-0.1, -0.05) is 0 Å². The molecular weight excluding hydrogens is 258 g/mol. The van der Waals surface area contributed by atoms with Crippen LogP contribution in [0.4, 0.5) is 4.79 Å². The van der Waals surface area contributed by atoms with Crippen molar-refractivity contribution >= 4 is 12.0 Å². The molecule has 0 aliphatic carbocycles. The summed E-state index contributed by atoms with van der Waals surface area (Å²) in [4.78, 5) is 27.0.